The summed E-state index contributed by atoms with van der Waals surface area (Å²) in [6.07, 6.45) is 2.24. The topological polar surface area (TPSA) is 20.3 Å². The van der Waals surface area contributed by atoms with Crippen LogP contribution in [0.4, 0.5) is 0 Å². The first-order valence-electron chi connectivity index (χ1n) is 7.57. The molecular weight excluding hydrogens is 314 g/mol. The molecule has 0 aromatic heterocycles. The molecule has 20 heavy (non-hydrogen) atoms. The molecule has 0 unspecified atom stereocenters. The number of halogens is 1. The van der Waals surface area contributed by atoms with Crippen molar-refractivity contribution >= 4 is 21.7 Å². The third kappa shape index (κ3) is 3.50. The number of benzene rings is 1. The summed E-state index contributed by atoms with van der Waals surface area (Å²) in [7, 11) is 0. The van der Waals surface area contributed by atoms with Crippen LogP contribution in [0.25, 0.3) is 0 Å². The van der Waals surface area contributed by atoms with Crippen LogP contribution in [-0.2, 0) is 11.2 Å². The molecule has 0 radical (unpaired) electrons. The molecule has 0 heterocycles. The van der Waals surface area contributed by atoms with Crippen molar-refractivity contribution in [1.82, 2.24) is 4.90 Å². The van der Waals surface area contributed by atoms with Crippen LogP contribution in [0.1, 0.15) is 46.1 Å². The zero-order valence-electron chi connectivity index (χ0n) is 13.1. The molecule has 0 aliphatic carbocycles. The van der Waals surface area contributed by atoms with Gasteiger partial charge < -0.3 is 0 Å². The zero-order valence-corrected chi connectivity index (χ0v) is 14.7. The molecule has 0 saturated carbocycles. The quantitative estimate of drug-likeness (QED) is 0.696. The molecule has 2 nitrogen and oxygen atoms in total. The van der Waals surface area contributed by atoms with Gasteiger partial charge in [0, 0.05) is 10.9 Å². The monoisotopic (exact) mass is 339 g/mol. The predicted molar refractivity (Wildman–Crippen MR) is 89.1 cm³/mol. The average molecular weight is 340 g/mol. The Labute approximate surface area is 131 Å². The molecule has 0 bridgehead atoms. The lowest BCUT2D eigenvalue weighted by Gasteiger charge is -2.41. The van der Waals surface area contributed by atoms with Crippen LogP contribution in [0, 0.1) is 0 Å². The highest BCUT2D eigenvalue weighted by atomic mass is 79.9. The molecule has 0 saturated heterocycles. The highest BCUT2D eigenvalue weighted by Crippen LogP contribution is 2.28. The summed E-state index contributed by atoms with van der Waals surface area (Å²) in [5.74, 6) is 0.332. The number of Topliss-reactive ketones (excluding diaryl/α,β-unsaturated/α-hetero) is 1. The Morgan fingerprint density at radius 1 is 1.10 bits per heavy atom. The van der Waals surface area contributed by atoms with Crippen molar-refractivity contribution in [3.63, 3.8) is 0 Å². The Balaban J connectivity index is 3.04. The van der Waals surface area contributed by atoms with Crippen LogP contribution in [0.15, 0.2) is 28.7 Å². The second-order valence-corrected chi connectivity index (χ2v) is 5.96. The van der Waals surface area contributed by atoms with Crippen molar-refractivity contribution in [2.45, 2.75) is 52.5 Å². The molecule has 0 fully saturated rings. The largest absolute Gasteiger partial charge is 0.297 e. The van der Waals surface area contributed by atoms with Gasteiger partial charge in [-0.15, -0.1) is 0 Å². The van der Waals surface area contributed by atoms with Crippen molar-refractivity contribution in [3.05, 3.63) is 34.3 Å². The van der Waals surface area contributed by atoms with Crippen molar-refractivity contribution in [2.75, 3.05) is 13.1 Å². The van der Waals surface area contributed by atoms with Crippen molar-refractivity contribution in [1.29, 1.82) is 0 Å². The van der Waals surface area contributed by atoms with E-state index in [4.69, 9.17) is 0 Å². The molecule has 1 aromatic carbocycles. The van der Waals surface area contributed by atoms with Gasteiger partial charge in [0.2, 0.25) is 0 Å². The lowest BCUT2D eigenvalue weighted by molar-refractivity contribution is -0.131. The van der Waals surface area contributed by atoms with E-state index in [1.54, 1.807) is 0 Å². The summed E-state index contributed by atoms with van der Waals surface area (Å²) in [5, 5.41) is 0. The summed E-state index contributed by atoms with van der Waals surface area (Å²) in [5.41, 5.74) is 0.759. The van der Waals surface area contributed by atoms with Gasteiger partial charge in [-0.25, -0.2) is 0 Å². The molecule has 0 spiro atoms. The molecule has 1 aromatic rings. The number of likely N-dealkylation sites (N-methyl/N-ethyl adjacent to an activating group) is 1. The number of nitrogens with zero attached hydrogens (tertiary/aromatic N) is 1. The molecule has 112 valence electrons. The SMILES string of the molecule is CCN(CC)C(CC)(CC)C(=O)Cc1ccccc1Br. The van der Waals surface area contributed by atoms with Crippen LogP contribution in [-0.4, -0.2) is 29.3 Å². The summed E-state index contributed by atoms with van der Waals surface area (Å²) in [4.78, 5) is 15.3. The van der Waals surface area contributed by atoms with Crippen LogP contribution >= 0.6 is 15.9 Å². The number of hydrogen-bond acceptors (Lipinski definition) is 2. The predicted octanol–water partition coefficient (Wildman–Crippen LogP) is 4.46. The maximum absolute atomic E-state index is 12.9. The molecule has 0 amide bonds. The number of carbonyl (C=O) groups is 1. The minimum Gasteiger partial charge on any atom is -0.297 e. The number of carbonyl (C=O) groups excluding carboxylic acids is 1. The van der Waals surface area contributed by atoms with E-state index in [0.29, 0.717) is 12.2 Å². The molecule has 1 rings (SSSR count). The molecular formula is C17H26BrNO. The Hall–Kier alpha value is -0.670. The molecule has 0 aliphatic rings. The van der Waals surface area contributed by atoms with Crippen LogP contribution < -0.4 is 0 Å². The Morgan fingerprint density at radius 2 is 1.65 bits per heavy atom. The smallest absolute Gasteiger partial charge is 0.157 e. The summed E-state index contributed by atoms with van der Waals surface area (Å²) < 4.78 is 1.02. The fraction of sp³-hybridized carbons (Fsp3) is 0.588. The van der Waals surface area contributed by atoms with E-state index in [0.717, 1.165) is 36.0 Å². The second-order valence-electron chi connectivity index (χ2n) is 5.10. The molecule has 0 aliphatic heterocycles. The maximum atomic E-state index is 12.9. The number of hydrogen-bond donors (Lipinski definition) is 0. The number of ketones is 1. The third-order valence-corrected chi connectivity index (χ3v) is 5.14. The highest BCUT2D eigenvalue weighted by Gasteiger charge is 2.38. The van der Waals surface area contributed by atoms with Gasteiger partial charge in [0.05, 0.1) is 5.54 Å². The summed E-state index contributed by atoms with van der Waals surface area (Å²) >= 11 is 3.54. The van der Waals surface area contributed by atoms with E-state index in [9.17, 15) is 4.79 Å². The standard InChI is InChI=1S/C17H26BrNO/c1-5-17(6-2,19(7-3)8-4)16(20)13-14-11-9-10-12-15(14)18/h9-12H,5-8,13H2,1-4H3. The fourth-order valence-corrected chi connectivity index (χ4v) is 3.50. The van der Waals surface area contributed by atoms with Crippen LogP contribution in [0.3, 0.4) is 0 Å². The zero-order chi connectivity index (χ0) is 15.2. The minimum absolute atomic E-state index is 0.321. The van der Waals surface area contributed by atoms with Crippen molar-refractivity contribution in [2.24, 2.45) is 0 Å². The van der Waals surface area contributed by atoms with Crippen LogP contribution in [0.5, 0.6) is 0 Å². The Morgan fingerprint density at radius 3 is 2.10 bits per heavy atom. The minimum atomic E-state index is -0.321. The van der Waals surface area contributed by atoms with Crippen molar-refractivity contribution in [3.8, 4) is 0 Å². The van der Waals surface area contributed by atoms with Gasteiger partial charge in [-0.1, -0.05) is 61.8 Å². The van der Waals surface area contributed by atoms with Gasteiger partial charge in [0.1, 0.15) is 0 Å². The molecule has 3 heteroatoms. The average Bonchev–Trinajstić information content (AvgIpc) is 2.47. The van der Waals surface area contributed by atoms with E-state index in [2.05, 4.69) is 48.5 Å². The van der Waals surface area contributed by atoms with Gasteiger partial charge in [-0.05, 0) is 37.6 Å². The molecule has 0 N–H and O–H groups in total. The van der Waals surface area contributed by atoms with E-state index < -0.39 is 0 Å². The first-order valence-corrected chi connectivity index (χ1v) is 8.36. The Bertz CT molecular complexity index is 436. The van der Waals surface area contributed by atoms with Gasteiger partial charge in [0.25, 0.3) is 0 Å². The van der Waals surface area contributed by atoms with Gasteiger partial charge in [0.15, 0.2) is 5.78 Å². The van der Waals surface area contributed by atoms with E-state index in [1.807, 2.05) is 24.3 Å². The van der Waals surface area contributed by atoms with Gasteiger partial charge in [-0.3, -0.25) is 9.69 Å². The van der Waals surface area contributed by atoms with Gasteiger partial charge >= 0.3 is 0 Å². The lowest BCUT2D eigenvalue weighted by atomic mass is 9.83. The normalized spacial score (nSPS) is 11.9. The van der Waals surface area contributed by atoms with Crippen molar-refractivity contribution < 1.29 is 4.79 Å². The maximum Gasteiger partial charge on any atom is 0.157 e. The first-order chi connectivity index (χ1) is 9.55. The van der Waals surface area contributed by atoms with Gasteiger partial charge in [-0.2, -0.15) is 0 Å². The summed E-state index contributed by atoms with van der Waals surface area (Å²) in [6, 6.07) is 8.00. The fourth-order valence-electron chi connectivity index (χ4n) is 3.08. The lowest BCUT2D eigenvalue weighted by Crippen LogP contribution is -2.54. The molecule has 0 atom stereocenters. The van der Waals surface area contributed by atoms with E-state index in [1.165, 1.54) is 0 Å². The van der Waals surface area contributed by atoms with E-state index >= 15 is 0 Å². The Kier molecular flexibility index (Phi) is 6.90. The summed E-state index contributed by atoms with van der Waals surface area (Å²) in [6.45, 7) is 10.4. The van der Waals surface area contributed by atoms with E-state index in [-0.39, 0.29) is 5.54 Å². The first kappa shape index (κ1) is 17.4. The van der Waals surface area contributed by atoms with Crippen LogP contribution in [0.2, 0.25) is 0 Å². The second kappa shape index (κ2) is 7.94. The highest BCUT2D eigenvalue weighted by molar-refractivity contribution is 9.10. The number of rotatable bonds is 8. The third-order valence-electron chi connectivity index (χ3n) is 4.37.